The molecule has 2 atom stereocenters. The summed E-state index contributed by atoms with van der Waals surface area (Å²) in [5, 5.41) is 5.45. The van der Waals surface area contributed by atoms with E-state index in [1.165, 1.54) is 21.9 Å². The Hall–Kier alpha value is -2.69. The minimum absolute atomic E-state index is 0.00974. The molecule has 1 amide bonds. The second-order valence-electron chi connectivity index (χ2n) is 6.74. The summed E-state index contributed by atoms with van der Waals surface area (Å²) < 4.78 is 0. The number of hydrogen-bond donors (Lipinski definition) is 3. The summed E-state index contributed by atoms with van der Waals surface area (Å²) in [7, 11) is 0. The molecular weight excluding hydrogens is 322 g/mol. The van der Waals surface area contributed by atoms with Gasteiger partial charge in [-0.15, -0.1) is 0 Å². The Morgan fingerprint density at radius 2 is 1.77 bits per heavy atom. The number of benzene rings is 3. The predicted molar refractivity (Wildman–Crippen MR) is 106 cm³/mol. The van der Waals surface area contributed by atoms with Gasteiger partial charge in [-0.3, -0.25) is 4.79 Å². The Bertz CT molecular complexity index is 915. The first-order valence-electron chi connectivity index (χ1n) is 9.13. The highest BCUT2D eigenvalue weighted by Gasteiger charge is 2.30. The fraction of sp³-hybridized carbons (Fsp3) is 0.227. The van der Waals surface area contributed by atoms with Gasteiger partial charge in [-0.2, -0.15) is 0 Å². The van der Waals surface area contributed by atoms with Crippen LogP contribution in [-0.4, -0.2) is 11.9 Å². The van der Waals surface area contributed by atoms with Crippen LogP contribution in [-0.2, 0) is 11.2 Å². The number of carbonyl (C=O) groups excluding carboxylic acids is 1. The monoisotopic (exact) mass is 345 g/mol. The van der Waals surface area contributed by atoms with E-state index in [1.54, 1.807) is 0 Å². The molecule has 1 aliphatic heterocycles. The number of hydrazine groups is 1. The minimum atomic E-state index is -0.259. The molecule has 3 N–H and O–H groups in total. The van der Waals surface area contributed by atoms with Crippen molar-refractivity contribution in [3.63, 3.8) is 0 Å². The Morgan fingerprint density at radius 3 is 2.58 bits per heavy atom. The molecule has 0 saturated carbocycles. The maximum absolute atomic E-state index is 12.6. The summed E-state index contributed by atoms with van der Waals surface area (Å²) >= 11 is 0. The summed E-state index contributed by atoms with van der Waals surface area (Å²) in [4.78, 5) is 12.6. The summed E-state index contributed by atoms with van der Waals surface area (Å²) in [6, 6.07) is 22.5. The van der Waals surface area contributed by atoms with Crippen LogP contribution in [0.4, 0.5) is 5.69 Å². The maximum Gasteiger partial charge on any atom is 0.242 e. The fourth-order valence-electron chi connectivity index (χ4n) is 3.54. The third kappa shape index (κ3) is 3.34. The summed E-state index contributed by atoms with van der Waals surface area (Å²) in [5.74, 6) is -0.00974. The highest BCUT2D eigenvalue weighted by atomic mass is 16.2. The first-order chi connectivity index (χ1) is 12.7. The number of rotatable bonds is 4. The summed E-state index contributed by atoms with van der Waals surface area (Å²) in [6.07, 6.45) is 1.71. The van der Waals surface area contributed by atoms with Crippen molar-refractivity contribution in [1.82, 2.24) is 10.9 Å². The van der Waals surface area contributed by atoms with E-state index in [0.29, 0.717) is 6.42 Å². The van der Waals surface area contributed by atoms with Gasteiger partial charge in [-0.05, 0) is 46.9 Å². The molecule has 0 spiro atoms. The van der Waals surface area contributed by atoms with Gasteiger partial charge in [0.25, 0.3) is 0 Å². The molecule has 4 heteroatoms. The molecule has 1 saturated heterocycles. The van der Waals surface area contributed by atoms with Crippen molar-refractivity contribution < 1.29 is 4.79 Å². The van der Waals surface area contributed by atoms with Gasteiger partial charge in [0.2, 0.25) is 5.91 Å². The number of hydrogen-bond acceptors (Lipinski definition) is 3. The molecule has 1 fully saturated rings. The molecule has 0 bridgehead atoms. The fourth-order valence-corrected chi connectivity index (χ4v) is 3.54. The van der Waals surface area contributed by atoms with Crippen LogP contribution in [0.3, 0.4) is 0 Å². The molecule has 132 valence electrons. The standard InChI is InChI=1S/C22H23N3O/c1-2-15-10-12-17(13-11-15)23-22(26)21-14-20(24-25-21)19-9-5-7-16-6-3-4-8-18(16)19/h3-13,20-21,24-25H,2,14H2,1H3,(H,23,26). The van der Waals surface area contributed by atoms with Gasteiger partial charge in [0.15, 0.2) is 0 Å². The van der Waals surface area contributed by atoms with E-state index in [1.807, 2.05) is 18.2 Å². The van der Waals surface area contributed by atoms with E-state index in [9.17, 15) is 4.79 Å². The van der Waals surface area contributed by atoms with Crippen molar-refractivity contribution in [2.24, 2.45) is 0 Å². The summed E-state index contributed by atoms with van der Waals surface area (Å²) in [5.41, 5.74) is 9.76. The predicted octanol–water partition coefficient (Wildman–Crippen LogP) is 3.95. The van der Waals surface area contributed by atoms with Crippen LogP contribution in [0.2, 0.25) is 0 Å². The first-order valence-corrected chi connectivity index (χ1v) is 9.13. The van der Waals surface area contributed by atoms with Gasteiger partial charge in [0, 0.05) is 11.7 Å². The van der Waals surface area contributed by atoms with Gasteiger partial charge in [0.1, 0.15) is 6.04 Å². The lowest BCUT2D eigenvalue weighted by atomic mass is 9.96. The zero-order valence-corrected chi connectivity index (χ0v) is 14.8. The van der Waals surface area contributed by atoms with E-state index >= 15 is 0 Å². The van der Waals surface area contributed by atoms with Gasteiger partial charge >= 0.3 is 0 Å². The molecule has 0 aliphatic carbocycles. The van der Waals surface area contributed by atoms with Gasteiger partial charge in [0.05, 0.1) is 0 Å². The molecule has 1 heterocycles. The van der Waals surface area contributed by atoms with Crippen LogP contribution in [0, 0.1) is 0 Å². The number of fused-ring (bicyclic) bond motifs is 1. The zero-order chi connectivity index (χ0) is 17.9. The molecule has 4 nitrogen and oxygen atoms in total. The highest BCUT2D eigenvalue weighted by Crippen LogP contribution is 2.29. The Balaban J connectivity index is 1.46. The second-order valence-corrected chi connectivity index (χ2v) is 6.74. The highest BCUT2D eigenvalue weighted by molar-refractivity contribution is 5.95. The molecule has 0 radical (unpaired) electrons. The van der Waals surface area contributed by atoms with Crippen molar-refractivity contribution in [3.8, 4) is 0 Å². The SMILES string of the molecule is CCc1ccc(NC(=O)C2CC(c3cccc4ccccc34)NN2)cc1. The van der Waals surface area contributed by atoms with Crippen LogP contribution < -0.4 is 16.2 Å². The van der Waals surface area contributed by atoms with E-state index in [2.05, 4.69) is 71.6 Å². The number of anilines is 1. The number of amides is 1. The molecule has 0 aromatic heterocycles. The van der Waals surface area contributed by atoms with E-state index < -0.39 is 0 Å². The summed E-state index contributed by atoms with van der Waals surface area (Å²) in [6.45, 7) is 2.12. The lowest BCUT2D eigenvalue weighted by Gasteiger charge is -2.13. The zero-order valence-electron chi connectivity index (χ0n) is 14.8. The smallest absolute Gasteiger partial charge is 0.242 e. The van der Waals surface area contributed by atoms with Crippen LogP contribution in [0.15, 0.2) is 66.7 Å². The van der Waals surface area contributed by atoms with Crippen molar-refractivity contribution in [1.29, 1.82) is 0 Å². The number of carbonyl (C=O) groups is 1. The quantitative estimate of drug-likeness (QED) is 0.671. The van der Waals surface area contributed by atoms with Crippen molar-refractivity contribution >= 4 is 22.4 Å². The van der Waals surface area contributed by atoms with Gasteiger partial charge in [-0.25, -0.2) is 10.9 Å². The number of nitrogens with one attached hydrogen (secondary N) is 3. The van der Waals surface area contributed by atoms with Crippen molar-refractivity contribution in [2.75, 3.05) is 5.32 Å². The topological polar surface area (TPSA) is 53.2 Å². The number of aryl methyl sites for hydroxylation is 1. The minimum Gasteiger partial charge on any atom is -0.325 e. The normalized spacial score (nSPS) is 19.6. The Labute approximate surface area is 153 Å². The van der Waals surface area contributed by atoms with Gasteiger partial charge in [-0.1, -0.05) is 61.5 Å². The molecule has 3 aromatic rings. The van der Waals surface area contributed by atoms with Crippen molar-refractivity contribution in [2.45, 2.75) is 31.8 Å². The maximum atomic E-state index is 12.6. The molecule has 1 aliphatic rings. The lowest BCUT2D eigenvalue weighted by Crippen LogP contribution is -2.39. The van der Waals surface area contributed by atoms with Crippen LogP contribution >= 0.6 is 0 Å². The van der Waals surface area contributed by atoms with E-state index in [4.69, 9.17) is 0 Å². The van der Waals surface area contributed by atoms with Crippen molar-refractivity contribution in [3.05, 3.63) is 77.9 Å². The largest absolute Gasteiger partial charge is 0.325 e. The average molecular weight is 345 g/mol. The van der Waals surface area contributed by atoms with Crippen LogP contribution in [0.5, 0.6) is 0 Å². The van der Waals surface area contributed by atoms with Gasteiger partial charge < -0.3 is 5.32 Å². The molecule has 4 rings (SSSR count). The lowest BCUT2D eigenvalue weighted by molar-refractivity contribution is -0.117. The van der Waals surface area contributed by atoms with Crippen LogP contribution in [0.1, 0.15) is 30.5 Å². The molecular formula is C22H23N3O. The third-order valence-electron chi connectivity index (χ3n) is 5.05. The Morgan fingerprint density at radius 1 is 1.00 bits per heavy atom. The second kappa shape index (κ2) is 7.28. The first kappa shape index (κ1) is 16.8. The third-order valence-corrected chi connectivity index (χ3v) is 5.05. The Kier molecular flexibility index (Phi) is 4.69. The van der Waals surface area contributed by atoms with E-state index in [0.717, 1.165) is 12.1 Å². The van der Waals surface area contributed by atoms with Crippen LogP contribution in [0.25, 0.3) is 10.8 Å². The molecule has 3 aromatic carbocycles. The molecule has 26 heavy (non-hydrogen) atoms. The average Bonchev–Trinajstić information content (AvgIpc) is 3.18. The molecule has 2 unspecified atom stereocenters. The van der Waals surface area contributed by atoms with E-state index in [-0.39, 0.29) is 18.0 Å².